The van der Waals surface area contributed by atoms with Gasteiger partial charge in [-0.05, 0) is 13.3 Å². The zero-order chi connectivity index (χ0) is 9.03. The second kappa shape index (κ2) is 3.90. The highest BCUT2D eigenvalue weighted by Gasteiger charge is 2.36. The summed E-state index contributed by atoms with van der Waals surface area (Å²) in [5.41, 5.74) is -0.422. The minimum atomic E-state index is -0.422. The maximum absolute atomic E-state index is 11.3. The van der Waals surface area contributed by atoms with Crippen molar-refractivity contribution in [2.75, 3.05) is 13.2 Å². The molecule has 1 rings (SSSR count). The molecule has 1 N–H and O–H groups in total. The highest BCUT2D eigenvalue weighted by molar-refractivity contribution is 5.80. The average molecular weight is 171 g/mol. The molecule has 0 radical (unpaired) electrons. The van der Waals surface area contributed by atoms with E-state index in [1.807, 2.05) is 6.92 Å². The van der Waals surface area contributed by atoms with Gasteiger partial charge in [0.1, 0.15) is 12.1 Å². The fourth-order valence-electron chi connectivity index (χ4n) is 1.42. The molecule has 1 fully saturated rings. The highest BCUT2D eigenvalue weighted by Crippen LogP contribution is 2.17. The van der Waals surface area contributed by atoms with Gasteiger partial charge in [-0.15, -0.1) is 0 Å². The van der Waals surface area contributed by atoms with Crippen LogP contribution in [0.2, 0.25) is 0 Å². The van der Waals surface area contributed by atoms with Crippen LogP contribution in [0.5, 0.6) is 0 Å². The molecule has 1 heterocycles. The molecule has 0 bridgehead atoms. The first-order valence-corrected chi connectivity index (χ1v) is 4.61. The van der Waals surface area contributed by atoms with Crippen molar-refractivity contribution in [3.8, 4) is 0 Å². The van der Waals surface area contributed by atoms with Crippen LogP contribution < -0.4 is 5.32 Å². The van der Waals surface area contributed by atoms with Crippen LogP contribution in [0.3, 0.4) is 0 Å². The van der Waals surface area contributed by atoms with E-state index in [1.165, 1.54) is 0 Å². The number of hydrogen-bond acceptors (Lipinski definition) is 3. The fourth-order valence-corrected chi connectivity index (χ4v) is 1.42. The average Bonchev–Trinajstić information content (AvgIpc) is 2.07. The summed E-state index contributed by atoms with van der Waals surface area (Å²) >= 11 is 0. The van der Waals surface area contributed by atoms with Crippen molar-refractivity contribution in [2.45, 2.75) is 38.6 Å². The van der Waals surface area contributed by atoms with Crippen LogP contribution in [0.15, 0.2) is 0 Å². The summed E-state index contributed by atoms with van der Waals surface area (Å²) in [5.74, 6) is -0.0952. The van der Waals surface area contributed by atoms with Crippen LogP contribution in [0.1, 0.15) is 33.1 Å². The lowest BCUT2D eigenvalue weighted by atomic mass is 9.94. The van der Waals surface area contributed by atoms with Gasteiger partial charge in [-0.1, -0.05) is 19.8 Å². The monoisotopic (exact) mass is 171 g/mol. The van der Waals surface area contributed by atoms with Crippen LogP contribution >= 0.6 is 0 Å². The Kier molecular flexibility index (Phi) is 3.09. The Balaban J connectivity index is 2.48. The predicted molar refractivity (Wildman–Crippen MR) is 46.9 cm³/mol. The second-order valence-electron chi connectivity index (χ2n) is 3.50. The van der Waals surface area contributed by atoms with Crippen LogP contribution in [0.4, 0.5) is 0 Å². The molecule has 12 heavy (non-hydrogen) atoms. The van der Waals surface area contributed by atoms with E-state index < -0.39 is 5.54 Å². The quantitative estimate of drug-likeness (QED) is 0.646. The molecular formula is C9H17NO2. The van der Waals surface area contributed by atoms with Crippen LogP contribution in [-0.2, 0) is 9.53 Å². The SMILES string of the molecule is CCCC[C@@]1(C)NCCOC1=O. The van der Waals surface area contributed by atoms with Crippen molar-refractivity contribution in [3.05, 3.63) is 0 Å². The first kappa shape index (κ1) is 9.52. The zero-order valence-electron chi connectivity index (χ0n) is 7.85. The number of unbranched alkanes of at least 4 members (excludes halogenated alkanes) is 1. The fraction of sp³-hybridized carbons (Fsp3) is 0.889. The van der Waals surface area contributed by atoms with Crippen LogP contribution in [-0.4, -0.2) is 24.7 Å². The van der Waals surface area contributed by atoms with Gasteiger partial charge in [0.2, 0.25) is 0 Å². The smallest absolute Gasteiger partial charge is 0.326 e. The van der Waals surface area contributed by atoms with Crippen molar-refractivity contribution in [1.82, 2.24) is 5.32 Å². The standard InChI is InChI=1S/C9H17NO2/c1-3-4-5-9(2)8(11)12-7-6-10-9/h10H,3-7H2,1-2H3/t9-/m1/s1. The highest BCUT2D eigenvalue weighted by atomic mass is 16.5. The first-order chi connectivity index (χ1) is 5.69. The number of hydrogen-bond donors (Lipinski definition) is 1. The number of morpholine rings is 1. The third-order valence-corrected chi connectivity index (χ3v) is 2.33. The van der Waals surface area contributed by atoms with Gasteiger partial charge in [0.05, 0.1) is 0 Å². The van der Waals surface area contributed by atoms with Gasteiger partial charge in [-0.2, -0.15) is 0 Å². The van der Waals surface area contributed by atoms with E-state index in [-0.39, 0.29) is 5.97 Å². The molecule has 0 amide bonds. The predicted octanol–water partition coefficient (Wildman–Crippen LogP) is 1.08. The molecule has 1 atom stereocenters. The number of carbonyl (C=O) groups is 1. The van der Waals surface area contributed by atoms with Crippen molar-refractivity contribution >= 4 is 5.97 Å². The maximum Gasteiger partial charge on any atom is 0.326 e. The normalized spacial score (nSPS) is 30.0. The lowest BCUT2D eigenvalue weighted by Gasteiger charge is -2.32. The van der Waals surface area contributed by atoms with Gasteiger partial charge >= 0.3 is 5.97 Å². The topological polar surface area (TPSA) is 38.3 Å². The van der Waals surface area contributed by atoms with E-state index in [0.29, 0.717) is 6.61 Å². The minimum Gasteiger partial charge on any atom is -0.463 e. The molecule has 0 saturated carbocycles. The molecule has 0 aliphatic carbocycles. The number of ether oxygens (including phenoxy) is 1. The third kappa shape index (κ3) is 1.97. The first-order valence-electron chi connectivity index (χ1n) is 4.61. The maximum atomic E-state index is 11.3. The molecule has 0 spiro atoms. The Labute approximate surface area is 73.5 Å². The van der Waals surface area contributed by atoms with Gasteiger partial charge in [0.25, 0.3) is 0 Å². The lowest BCUT2D eigenvalue weighted by molar-refractivity contribution is -0.155. The van der Waals surface area contributed by atoms with Crippen LogP contribution in [0, 0.1) is 0 Å². The van der Waals surface area contributed by atoms with E-state index in [2.05, 4.69) is 12.2 Å². The van der Waals surface area contributed by atoms with Gasteiger partial charge in [0.15, 0.2) is 0 Å². The van der Waals surface area contributed by atoms with E-state index >= 15 is 0 Å². The van der Waals surface area contributed by atoms with Gasteiger partial charge < -0.3 is 4.74 Å². The Bertz CT molecular complexity index is 170. The lowest BCUT2D eigenvalue weighted by Crippen LogP contribution is -2.55. The molecule has 70 valence electrons. The number of rotatable bonds is 3. The van der Waals surface area contributed by atoms with Crippen molar-refractivity contribution in [3.63, 3.8) is 0 Å². The molecule has 3 nitrogen and oxygen atoms in total. The summed E-state index contributed by atoms with van der Waals surface area (Å²) in [5, 5.41) is 3.21. The molecule has 0 aromatic heterocycles. The second-order valence-corrected chi connectivity index (χ2v) is 3.50. The van der Waals surface area contributed by atoms with E-state index in [1.54, 1.807) is 0 Å². The summed E-state index contributed by atoms with van der Waals surface area (Å²) < 4.78 is 4.99. The zero-order valence-corrected chi connectivity index (χ0v) is 7.85. The van der Waals surface area contributed by atoms with Crippen molar-refractivity contribution in [2.24, 2.45) is 0 Å². The molecule has 3 heteroatoms. The summed E-state index contributed by atoms with van der Waals surface area (Å²) in [6, 6.07) is 0. The summed E-state index contributed by atoms with van der Waals surface area (Å²) in [7, 11) is 0. The summed E-state index contributed by atoms with van der Waals surface area (Å²) in [4.78, 5) is 11.3. The minimum absolute atomic E-state index is 0.0952. The number of cyclic esters (lactones) is 1. The molecule has 1 aliphatic heterocycles. The molecule has 0 unspecified atom stereocenters. The third-order valence-electron chi connectivity index (χ3n) is 2.33. The number of esters is 1. The molecule has 0 aromatic carbocycles. The van der Waals surface area contributed by atoms with E-state index in [9.17, 15) is 4.79 Å². The molecule has 0 aromatic rings. The van der Waals surface area contributed by atoms with E-state index in [4.69, 9.17) is 4.74 Å². The Morgan fingerprint density at radius 2 is 2.42 bits per heavy atom. The largest absolute Gasteiger partial charge is 0.463 e. The molecule has 1 aliphatic rings. The Morgan fingerprint density at radius 1 is 1.67 bits per heavy atom. The number of carbonyl (C=O) groups excluding carboxylic acids is 1. The molecule has 1 saturated heterocycles. The Hall–Kier alpha value is -0.570. The van der Waals surface area contributed by atoms with Crippen molar-refractivity contribution < 1.29 is 9.53 Å². The Morgan fingerprint density at radius 3 is 3.00 bits per heavy atom. The summed E-state index contributed by atoms with van der Waals surface area (Å²) in [6.45, 7) is 5.34. The number of nitrogens with one attached hydrogen (secondary N) is 1. The van der Waals surface area contributed by atoms with E-state index in [0.717, 1.165) is 25.8 Å². The van der Waals surface area contributed by atoms with Gasteiger partial charge in [-0.25, -0.2) is 0 Å². The van der Waals surface area contributed by atoms with Crippen LogP contribution in [0.25, 0.3) is 0 Å². The van der Waals surface area contributed by atoms with Gasteiger partial charge in [-0.3, -0.25) is 10.1 Å². The van der Waals surface area contributed by atoms with Crippen molar-refractivity contribution in [1.29, 1.82) is 0 Å². The van der Waals surface area contributed by atoms with Gasteiger partial charge in [0, 0.05) is 6.54 Å². The summed E-state index contributed by atoms with van der Waals surface area (Å²) in [6.07, 6.45) is 3.06. The molecular weight excluding hydrogens is 154 g/mol.